The van der Waals surface area contributed by atoms with Crippen LogP contribution in [0.1, 0.15) is 21.6 Å². The first kappa shape index (κ1) is 13.1. The monoisotopic (exact) mass is 273 g/mol. The van der Waals surface area contributed by atoms with Crippen LogP contribution in [0.15, 0.2) is 18.2 Å². The van der Waals surface area contributed by atoms with Crippen LogP contribution in [0.4, 0.5) is 0 Å². The molecular formula is C15H19N3O2. The van der Waals surface area contributed by atoms with Crippen molar-refractivity contribution in [1.29, 1.82) is 0 Å². The summed E-state index contributed by atoms with van der Waals surface area (Å²) in [6.45, 7) is 3.04. The summed E-state index contributed by atoms with van der Waals surface area (Å²) in [6.07, 6.45) is 0.944. The van der Waals surface area contributed by atoms with Gasteiger partial charge in [-0.1, -0.05) is 12.1 Å². The molecule has 0 saturated carbocycles. The van der Waals surface area contributed by atoms with Gasteiger partial charge < -0.3 is 20.3 Å². The lowest BCUT2D eigenvalue weighted by molar-refractivity contribution is 0.0698. The lowest BCUT2D eigenvalue weighted by atomic mass is 10.0. The maximum Gasteiger partial charge on any atom is 0.337 e. The number of hydrogen-bond donors (Lipinski definition) is 2. The highest BCUT2D eigenvalue weighted by atomic mass is 16.4. The largest absolute Gasteiger partial charge is 0.478 e. The number of benzene rings is 1. The van der Waals surface area contributed by atoms with E-state index < -0.39 is 5.97 Å². The fourth-order valence-electron chi connectivity index (χ4n) is 3.19. The maximum atomic E-state index is 11.5. The molecule has 5 nitrogen and oxygen atoms in total. The number of hydrogen-bond acceptors (Lipinski definition) is 3. The third-order valence-electron chi connectivity index (χ3n) is 4.05. The molecule has 0 saturated heterocycles. The van der Waals surface area contributed by atoms with Crippen LogP contribution in [-0.2, 0) is 19.5 Å². The number of para-hydroxylation sites is 1. The van der Waals surface area contributed by atoms with E-state index in [1.807, 2.05) is 12.1 Å². The zero-order valence-electron chi connectivity index (χ0n) is 11.6. The van der Waals surface area contributed by atoms with E-state index in [1.54, 1.807) is 6.07 Å². The van der Waals surface area contributed by atoms with Gasteiger partial charge >= 0.3 is 5.97 Å². The zero-order valence-corrected chi connectivity index (χ0v) is 11.6. The highest BCUT2D eigenvalue weighted by molar-refractivity contribution is 6.04. The number of nitrogens with zero attached hydrogens (tertiary/aromatic N) is 2. The van der Waals surface area contributed by atoms with Gasteiger partial charge in [0.1, 0.15) is 0 Å². The molecular weight excluding hydrogens is 254 g/mol. The first-order valence-electron chi connectivity index (χ1n) is 6.88. The number of fused-ring (bicyclic) bond motifs is 3. The molecule has 0 unspecified atom stereocenters. The van der Waals surface area contributed by atoms with Gasteiger partial charge in [0.15, 0.2) is 0 Å². The third kappa shape index (κ3) is 1.90. The van der Waals surface area contributed by atoms with Gasteiger partial charge in [-0.15, -0.1) is 0 Å². The standard InChI is InChI=1S/C15H19N3O2/c1-17-7-5-13-12(9-17)10-3-2-4-11(15(19)20)14(10)18(13)8-6-16/h2-4H,5-9,16H2,1H3,(H,19,20). The molecule has 0 spiro atoms. The van der Waals surface area contributed by atoms with E-state index in [2.05, 4.69) is 16.5 Å². The Labute approximate surface area is 117 Å². The number of aromatic nitrogens is 1. The summed E-state index contributed by atoms with van der Waals surface area (Å²) in [7, 11) is 2.09. The molecule has 20 heavy (non-hydrogen) atoms. The maximum absolute atomic E-state index is 11.5. The summed E-state index contributed by atoms with van der Waals surface area (Å²) < 4.78 is 2.11. The Morgan fingerprint density at radius 2 is 2.25 bits per heavy atom. The van der Waals surface area contributed by atoms with E-state index in [0.29, 0.717) is 18.7 Å². The fraction of sp³-hybridized carbons (Fsp3) is 0.400. The molecule has 0 fully saturated rings. The molecule has 0 bridgehead atoms. The molecule has 1 aliphatic heterocycles. The summed E-state index contributed by atoms with van der Waals surface area (Å²) in [6, 6.07) is 5.52. The summed E-state index contributed by atoms with van der Waals surface area (Å²) >= 11 is 0. The number of nitrogens with two attached hydrogens (primary N) is 1. The van der Waals surface area contributed by atoms with Gasteiger partial charge in [0, 0.05) is 43.7 Å². The molecule has 106 valence electrons. The molecule has 0 aliphatic carbocycles. The van der Waals surface area contributed by atoms with E-state index in [-0.39, 0.29) is 0 Å². The van der Waals surface area contributed by atoms with Gasteiger partial charge in [-0.05, 0) is 18.7 Å². The van der Waals surface area contributed by atoms with Gasteiger partial charge in [-0.25, -0.2) is 4.79 Å². The van der Waals surface area contributed by atoms with E-state index >= 15 is 0 Å². The molecule has 1 aromatic heterocycles. The second kappa shape index (κ2) is 4.92. The predicted molar refractivity (Wildman–Crippen MR) is 78.0 cm³/mol. The molecule has 0 atom stereocenters. The number of aromatic carboxylic acids is 1. The first-order chi connectivity index (χ1) is 9.63. The van der Waals surface area contributed by atoms with E-state index in [4.69, 9.17) is 5.73 Å². The van der Waals surface area contributed by atoms with Gasteiger partial charge in [-0.2, -0.15) is 0 Å². The Balaban J connectivity index is 2.34. The number of likely N-dealkylation sites (N-methyl/N-ethyl adjacent to an activating group) is 1. The quantitative estimate of drug-likeness (QED) is 0.884. The SMILES string of the molecule is CN1CCc2c(c3cccc(C(=O)O)c3n2CCN)C1. The van der Waals surface area contributed by atoms with Crippen LogP contribution in [-0.4, -0.2) is 40.7 Å². The topological polar surface area (TPSA) is 71.5 Å². The molecule has 5 heteroatoms. The Kier molecular flexibility index (Phi) is 3.23. The normalized spacial score (nSPS) is 15.5. The van der Waals surface area contributed by atoms with Crippen LogP contribution < -0.4 is 5.73 Å². The average Bonchev–Trinajstić information content (AvgIpc) is 2.73. The molecule has 1 aliphatic rings. The van der Waals surface area contributed by atoms with E-state index in [1.165, 1.54) is 11.3 Å². The van der Waals surface area contributed by atoms with E-state index in [0.717, 1.165) is 30.4 Å². The van der Waals surface area contributed by atoms with Crippen molar-refractivity contribution in [2.45, 2.75) is 19.5 Å². The Morgan fingerprint density at radius 1 is 1.45 bits per heavy atom. The van der Waals surface area contributed by atoms with Crippen molar-refractivity contribution in [3.8, 4) is 0 Å². The molecule has 3 rings (SSSR count). The number of carboxylic acids is 1. The molecule has 1 aromatic carbocycles. The lowest BCUT2D eigenvalue weighted by Gasteiger charge is -2.24. The summed E-state index contributed by atoms with van der Waals surface area (Å²) in [5, 5.41) is 10.5. The van der Waals surface area contributed by atoms with Gasteiger partial charge in [0.2, 0.25) is 0 Å². The van der Waals surface area contributed by atoms with Gasteiger partial charge in [0.05, 0.1) is 11.1 Å². The highest BCUT2D eigenvalue weighted by Gasteiger charge is 2.24. The van der Waals surface area contributed by atoms with Crippen LogP contribution in [0.25, 0.3) is 10.9 Å². The Hall–Kier alpha value is -1.85. The predicted octanol–water partition coefficient (Wildman–Crippen LogP) is 1.29. The number of carbonyl (C=O) groups is 1. The summed E-state index contributed by atoms with van der Waals surface area (Å²) in [5.41, 5.74) is 9.41. The Bertz CT molecular complexity index is 675. The Morgan fingerprint density at radius 3 is 2.95 bits per heavy atom. The highest BCUT2D eigenvalue weighted by Crippen LogP contribution is 2.32. The van der Waals surface area contributed by atoms with Crippen molar-refractivity contribution >= 4 is 16.9 Å². The molecule has 0 radical (unpaired) electrons. The minimum atomic E-state index is -0.878. The zero-order chi connectivity index (χ0) is 14.3. The van der Waals surface area contributed by atoms with Crippen molar-refractivity contribution < 1.29 is 9.90 Å². The van der Waals surface area contributed by atoms with Crippen LogP contribution >= 0.6 is 0 Å². The summed E-state index contributed by atoms with van der Waals surface area (Å²) in [4.78, 5) is 13.8. The first-order valence-corrected chi connectivity index (χ1v) is 6.88. The van der Waals surface area contributed by atoms with Gasteiger partial charge in [-0.3, -0.25) is 0 Å². The van der Waals surface area contributed by atoms with E-state index in [9.17, 15) is 9.90 Å². The van der Waals surface area contributed by atoms with Crippen LogP contribution in [0, 0.1) is 0 Å². The van der Waals surface area contributed by atoms with Crippen molar-refractivity contribution in [1.82, 2.24) is 9.47 Å². The third-order valence-corrected chi connectivity index (χ3v) is 4.05. The van der Waals surface area contributed by atoms with Crippen molar-refractivity contribution in [2.75, 3.05) is 20.1 Å². The van der Waals surface area contributed by atoms with Crippen LogP contribution in [0.3, 0.4) is 0 Å². The second-order valence-corrected chi connectivity index (χ2v) is 5.36. The van der Waals surface area contributed by atoms with Crippen molar-refractivity contribution in [3.63, 3.8) is 0 Å². The molecule has 2 aromatic rings. The summed E-state index contributed by atoms with van der Waals surface area (Å²) in [5.74, 6) is -0.878. The number of rotatable bonds is 3. The van der Waals surface area contributed by atoms with Gasteiger partial charge in [0.25, 0.3) is 0 Å². The minimum absolute atomic E-state index is 0.369. The fourth-order valence-corrected chi connectivity index (χ4v) is 3.19. The molecule has 0 amide bonds. The van der Waals surface area contributed by atoms with Crippen LogP contribution in [0.5, 0.6) is 0 Å². The smallest absolute Gasteiger partial charge is 0.337 e. The van der Waals surface area contributed by atoms with Crippen LogP contribution in [0.2, 0.25) is 0 Å². The average molecular weight is 273 g/mol. The van der Waals surface area contributed by atoms with Crippen molar-refractivity contribution in [2.24, 2.45) is 5.73 Å². The minimum Gasteiger partial charge on any atom is -0.478 e. The second-order valence-electron chi connectivity index (χ2n) is 5.36. The number of carboxylic acid groups (broad SMARTS) is 1. The van der Waals surface area contributed by atoms with Crippen molar-refractivity contribution in [3.05, 3.63) is 35.0 Å². The molecule has 2 heterocycles. The molecule has 3 N–H and O–H groups in total. The lowest BCUT2D eigenvalue weighted by Crippen LogP contribution is -2.27.